The van der Waals surface area contributed by atoms with Gasteiger partial charge < -0.3 is 15.2 Å². The molecule has 0 spiro atoms. The van der Waals surface area contributed by atoms with Crippen molar-refractivity contribution in [1.29, 1.82) is 0 Å². The van der Waals surface area contributed by atoms with E-state index in [-0.39, 0.29) is 12.1 Å². The molecular formula is C16H23NO2. The van der Waals surface area contributed by atoms with Gasteiger partial charge >= 0.3 is 0 Å². The molecule has 0 bridgehead atoms. The van der Waals surface area contributed by atoms with Gasteiger partial charge in [0.05, 0.1) is 17.7 Å². The number of fused-ring (bicyclic) bond motifs is 1. The molecule has 19 heavy (non-hydrogen) atoms. The van der Waals surface area contributed by atoms with Gasteiger partial charge in [-0.15, -0.1) is 0 Å². The smallest absolute Gasteiger partial charge is 0.0897 e. The normalized spacial score (nSPS) is 33.8. The van der Waals surface area contributed by atoms with Crippen LogP contribution in [0.25, 0.3) is 0 Å². The minimum Gasteiger partial charge on any atom is -0.388 e. The average molecular weight is 261 g/mol. The molecule has 0 aliphatic carbocycles. The lowest BCUT2D eigenvalue weighted by molar-refractivity contribution is -0.112. The Kier molecular flexibility index (Phi) is 3.50. The van der Waals surface area contributed by atoms with Crippen molar-refractivity contribution in [2.45, 2.75) is 56.8 Å². The number of aliphatic hydroxyl groups is 1. The molecule has 0 amide bonds. The van der Waals surface area contributed by atoms with Crippen LogP contribution in [0.4, 0.5) is 5.69 Å². The molecule has 1 aromatic rings. The maximum absolute atomic E-state index is 11.0. The molecule has 0 radical (unpaired) electrons. The molecular weight excluding hydrogens is 238 g/mol. The lowest BCUT2D eigenvalue weighted by Crippen LogP contribution is -2.52. The van der Waals surface area contributed by atoms with E-state index in [9.17, 15) is 5.11 Å². The molecule has 3 rings (SSSR count). The van der Waals surface area contributed by atoms with E-state index in [0.29, 0.717) is 6.61 Å². The molecule has 1 fully saturated rings. The maximum atomic E-state index is 11.0. The Morgan fingerprint density at radius 2 is 2.26 bits per heavy atom. The Bertz CT molecular complexity index is 421. The summed E-state index contributed by atoms with van der Waals surface area (Å²) in [4.78, 5) is 0. The fraction of sp³-hybridized carbons (Fsp3) is 0.625. The summed E-state index contributed by atoms with van der Waals surface area (Å²) in [6, 6.07) is 8.49. The van der Waals surface area contributed by atoms with Crippen LogP contribution in [0.3, 0.4) is 0 Å². The highest BCUT2D eigenvalue weighted by molar-refractivity contribution is 5.57. The summed E-state index contributed by atoms with van der Waals surface area (Å²) in [5.41, 5.74) is 1.87. The van der Waals surface area contributed by atoms with E-state index in [1.54, 1.807) is 0 Å². The molecule has 0 saturated carbocycles. The molecule has 1 aromatic carbocycles. The summed E-state index contributed by atoms with van der Waals surface area (Å²) < 4.78 is 5.76. The highest BCUT2D eigenvalue weighted by Crippen LogP contribution is 2.37. The summed E-state index contributed by atoms with van der Waals surface area (Å²) in [5, 5.41) is 14.5. The Morgan fingerprint density at radius 1 is 1.42 bits per heavy atom. The quantitative estimate of drug-likeness (QED) is 0.879. The van der Waals surface area contributed by atoms with Gasteiger partial charge in [0.2, 0.25) is 0 Å². The Morgan fingerprint density at radius 3 is 3.05 bits per heavy atom. The third-order valence-corrected chi connectivity index (χ3v) is 4.50. The van der Waals surface area contributed by atoms with Crippen LogP contribution in [0.1, 0.15) is 38.2 Å². The lowest BCUT2D eigenvalue weighted by atomic mass is 9.81. The van der Waals surface area contributed by atoms with Crippen molar-refractivity contribution in [2.24, 2.45) is 0 Å². The second kappa shape index (κ2) is 5.14. The molecule has 3 atom stereocenters. The molecule has 2 N–H and O–H groups in total. The van der Waals surface area contributed by atoms with Crippen molar-refractivity contribution >= 4 is 5.69 Å². The standard InChI is InChI=1S/C16H23NO2/c1-2-5-13-11-16(18,8-9-19-13)15-10-12-6-3-4-7-14(12)17-15/h3-4,6-7,13,15,17-18H,2,5,8-11H2,1H3. The second-order valence-corrected chi connectivity index (χ2v) is 5.90. The zero-order valence-corrected chi connectivity index (χ0v) is 11.6. The van der Waals surface area contributed by atoms with E-state index in [2.05, 4.69) is 30.4 Å². The van der Waals surface area contributed by atoms with Crippen molar-refractivity contribution in [1.82, 2.24) is 0 Å². The zero-order valence-electron chi connectivity index (χ0n) is 11.6. The molecule has 3 nitrogen and oxygen atoms in total. The number of benzene rings is 1. The van der Waals surface area contributed by atoms with Crippen LogP contribution in [0.5, 0.6) is 0 Å². The first-order valence-electron chi connectivity index (χ1n) is 7.40. The van der Waals surface area contributed by atoms with Gasteiger partial charge in [-0.2, -0.15) is 0 Å². The van der Waals surface area contributed by atoms with Crippen molar-refractivity contribution in [3.05, 3.63) is 29.8 Å². The minimum absolute atomic E-state index is 0.133. The van der Waals surface area contributed by atoms with E-state index in [0.717, 1.165) is 32.1 Å². The highest BCUT2D eigenvalue weighted by Gasteiger charge is 2.43. The van der Waals surface area contributed by atoms with Gasteiger partial charge in [0.25, 0.3) is 0 Å². The fourth-order valence-corrected chi connectivity index (χ4v) is 3.40. The van der Waals surface area contributed by atoms with Crippen LogP contribution in [-0.4, -0.2) is 29.5 Å². The first kappa shape index (κ1) is 12.9. The Balaban J connectivity index is 1.72. The Labute approximate surface area is 115 Å². The van der Waals surface area contributed by atoms with Crippen molar-refractivity contribution in [3.8, 4) is 0 Å². The lowest BCUT2D eigenvalue weighted by Gasteiger charge is -2.41. The molecule has 2 aliphatic rings. The average Bonchev–Trinajstić information content (AvgIpc) is 2.84. The van der Waals surface area contributed by atoms with Crippen molar-refractivity contribution in [3.63, 3.8) is 0 Å². The molecule has 3 unspecified atom stereocenters. The van der Waals surface area contributed by atoms with Gasteiger partial charge in [-0.25, -0.2) is 0 Å². The van der Waals surface area contributed by atoms with Crippen LogP contribution in [0.2, 0.25) is 0 Å². The molecule has 104 valence electrons. The first-order valence-corrected chi connectivity index (χ1v) is 7.40. The van der Waals surface area contributed by atoms with Crippen LogP contribution in [0, 0.1) is 0 Å². The van der Waals surface area contributed by atoms with Crippen LogP contribution >= 0.6 is 0 Å². The number of rotatable bonds is 3. The largest absolute Gasteiger partial charge is 0.388 e. The van der Waals surface area contributed by atoms with Crippen molar-refractivity contribution < 1.29 is 9.84 Å². The SMILES string of the molecule is CCCC1CC(O)(C2Cc3ccccc3N2)CCO1. The van der Waals surface area contributed by atoms with E-state index < -0.39 is 5.60 Å². The molecule has 1 saturated heterocycles. The monoisotopic (exact) mass is 261 g/mol. The minimum atomic E-state index is -0.628. The number of ether oxygens (including phenoxy) is 1. The third kappa shape index (κ3) is 2.49. The van der Waals surface area contributed by atoms with Gasteiger partial charge in [0, 0.05) is 25.1 Å². The van der Waals surface area contributed by atoms with E-state index in [1.807, 2.05) is 6.07 Å². The summed E-state index contributed by atoms with van der Waals surface area (Å²) in [6.45, 7) is 2.84. The summed E-state index contributed by atoms with van der Waals surface area (Å²) in [5.74, 6) is 0. The number of anilines is 1. The van der Waals surface area contributed by atoms with Gasteiger partial charge in [0.15, 0.2) is 0 Å². The predicted molar refractivity (Wildman–Crippen MR) is 76.4 cm³/mol. The van der Waals surface area contributed by atoms with Gasteiger partial charge in [-0.05, 0) is 24.5 Å². The van der Waals surface area contributed by atoms with Crippen LogP contribution in [0.15, 0.2) is 24.3 Å². The molecule has 3 heteroatoms. The fourth-order valence-electron chi connectivity index (χ4n) is 3.40. The Hall–Kier alpha value is -1.06. The summed E-state index contributed by atoms with van der Waals surface area (Å²) in [6.07, 6.45) is 4.78. The zero-order chi connectivity index (χ0) is 13.3. The first-order chi connectivity index (χ1) is 9.21. The molecule has 0 aromatic heterocycles. The number of nitrogens with one attached hydrogen (secondary N) is 1. The van der Waals surface area contributed by atoms with E-state index in [1.165, 1.54) is 11.3 Å². The van der Waals surface area contributed by atoms with Crippen LogP contribution < -0.4 is 5.32 Å². The van der Waals surface area contributed by atoms with E-state index >= 15 is 0 Å². The van der Waals surface area contributed by atoms with Gasteiger partial charge in [0.1, 0.15) is 0 Å². The topological polar surface area (TPSA) is 41.5 Å². The maximum Gasteiger partial charge on any atom is 0.0897 e. The number of para-hydroxylation sites is 1. The highest BCUT2D eigenvalue weighted by atomic mass is 16.5. The summed E-state index contributed by atoms with van der Waals surface area (Å²) >= 11 is 0. The van der Waals surface area contributed by atoms with Crippen molar-refractivity contribution in [2.75, 3.05) is 11.9 Å². The molecule has 2 aliphatic heterocycles. The van der Waals surface area contributed by atoms with Gasteiger partial charge in [-0.3, -0.25) is 0 Å². The van der Waals surface area contributed by atoms with Gasteiger partial charge in [-0.1, -0.05) is 31.5 Å². The number of hydrogen-bond donors (Lipinski definition) is 2. The second-order valence-electron chi connectivity index (χ2n) is 5.90. The predicted octanol–water partition coefficient (Wildman–Crippen LogP) is 2.73. The third-order valence-electron chi connectivity index (χ3n) is 4.50. The molecule has 2 heterocycles. The summed E-state index contributed by atoms with van der Waals surface area (Å²) in [7, 11) is 0. The number of hydrogen-bond acceptors (Lipinski definition) is 3. The van der Waals surface area contributed by atoms with Crippen LogP contribution in [-0.2, 0) is 11.2 Å². The van der Waals surface area contributed by atoms with E-state index in [4.69, 9.17) is 4.74 Å².